The molecule has 0 fully saturated rings. The SMILES string of the molecule is CCCCC/C=C\C/C=C\CCCCCCCCCCCC(=O)OC(/C=C/CCCCCCCCCCC)C(COP(=O)([O-])OCC[N+](C)(C)C)NC(=O)CCCCCCCCCCCCC. The van der Waals surface area contributed by atoms with E-state index in [1.165, 1.54) is 167 Å². The summed E-state index contributed by atoms with van der Waals surface area (Å²) in [5.41, 5.74) is 0. The van der Waals surface area contributed by atoms with Crippen molar-refractivity contribution in [3.8, 4) is 0 Å². The van der Waals surface area contributed by atoms with E-state index in [1.807, 2.05) is 33.3 Å². The first-order chi connectivity index (χ1) is 32.4. The Morgan fingerprint density at radius 2 is 0.910 bits per heavy atom. The van der Waals surface area contributed by atoms with Crippen LogP contribution in [0.15, 0.2) is 36.5 Å². The quantitative estimate of drug-likeness (QED) is 0.0212. The van der Waals surface area contributed by atoms with Gasteiger partial charge in [-0.25, -0.2) is 0 Å². The molecule has 10 heteroatoms. The number of phosphoric acid groups is 1. The fourth-order valence-electron chi connectivity index (χ4n) is 8.14. The number of allylic oxidation sites excluding steroid dienone is 5. The number of quaternary nitrogens is 1. The van der Waals surface area contributed by atoms with Gasteiger partial charge in [-0.2, -0.15) is 0 Å². The average Bonchev–Trinajstić information content (AvgIpc) is 3.28. The predicted octanol–water partition coefficient (Wildman–Crippen LogP) is 16.1. The third-order valence-electron chi connectivity index (χ3n) is 12.6. The lowest BCUT2D eigenvalue weighted by Gasteiger charge is -2.30. The molecule has 0 spiro atoms. The average molecular weight is 965 g/mol. The van der Waals surface area contributed by atoms with E-state index in [9.17, 15) is 19.0 Å². The van der Waals surface area contributed by atoms with Gasteiger partial charge in [0.15, 0.2) is 0 Å². The molecule has 0 aromatic rings. The maximum Gasteiger partial charge on any atom is 0.306 e. The zero-order valence-electron chi connectivity index (χ0n) is 44.9. The zero-order chi connectivity index (χ0) is 49.4. The number of hydrogen-bond donors (Lipinski definition) is 1. The molecular weight excluding hydrogens is 856 g/mol. The fourth-order valence-corrected chi connectivity index (χ4v) is 8.86. The summed E-state index contributed by atoms with van der Waals surface area (Å²) in [6.07, 6.45) is 55.3. The van der Waals surface area contributed by atoms with Gasteiger partial charge < -0.3 is 28.5 Å². The molecule has 0 aromatic carbocycles. The van der Waals surface area contributed by atoms with Crippen LogP contribution in [0.4, 0.5) is 0 Å². The van der Waals surface area contributed by atoms with E-state index in [0.717, 1.165) is 64.2 Å². The van der Waals surface area contributed by atoms with E-state index < -0.39 is 20.0 Å². The molecule has 3 atom stereocenters. The molecule has 0 aliphatic heterocycles. The molecule has 0 radical (unpaired) electrons. The Kier molecular flexibility index (Phi) is 46.6. The number of hydrogen-bond acceptors (Lipinski definition) is 7. The lowest BCUT2D eigenvalue weighted by molar-refractivity contribution is -0.870. The lowest BCUT2D eigenvalue weighted by Crippen LogP contribution is -2.47. The van der Waals surface area contributed by atoms with Crippen LogP contribution in [-0.2, 0) is 27.9 Å². The number of ether oxygens (including phenoxy) is 1. The molecule has 0 aromatic heterocycles. The number of phosphoric ester groups is 1. The predicted molar refractivity (Wildman–Crippen MR) is 284 cm³/mol. The molecule has 0 aliphatic carbocycles. The van der Waals surface area contributed by atoms with Crippen molar-refractivity contribution < 1.29 is 37.3 Å². The van der Waals surface area contributed by atoms with Gasteiger partial charge in [0, 0.05) is 12.8 Å². The molecule has 0 rings (SSSR count). The van der Waals surface area contributed by atoms with Crippen molar-refractivity contribution in [1.29, 1.82) is 0 Å². The molecule has 0 aliphatic rings. The number of nitrogens with zero attached hydrogens (tertiary/aromatic N) is 1. The number of carbonyl (C=O) groups is 2. The van der Waals surface area contributed by atoms with E-state index >= 15 is 0 Å². The second kappa shape index (κ2) is 47.9. The van der Waals surface area contributed by atoms with Crippen LogP contribution < -0.4 is 10.2 Å². The molecule has 0 heterocycles. The van der Waals surface area contributed by atoms with Crippen molar-refractivity contribution in [1.82, 2.24) is 5.32 Å². The molecule has 67 heavy (non-hydrogen) atoms. The molecule has 9 nitrogen and oxygen atoms in total. The van der Waals surface area contributed by atoms with E-state index in [4.69, 9.17) is 13.8 Å². The Balaban J connectivity index is 5.25. The van der Waals surface area contributed by atoms with Crippen molar-refractivity contribution >= 4 is 19.7 Å². The van der Waals surface area contributed by atoms with Crippen LogP contribution >= 0.6 is 7.82 Å². The summed E-state index contributed by atoms with van der Waals surface area (Å²) in [4.78, 5) is 39.7. The normalized spacial score (nSPS) is 14.1. The Bertz CT molecular complexity index is 1250. The Morgan fingerprint density at radius 1 is 0.522 bits per heavy atom. The summed E-state index contributed by atoms with van der Waals surface area (Å²) in [5.74, 6) is -0.540. The molecule has 0 bridgehead atoms. The Morgan fingerprint density at radius 3 is 1.37 bits per heavy atom. The zero-order valence-corrected chi connectivity index (χ0v) is 45.8. The molecule has 0 saturated carbocycles. The standard InChI is InChI=1S/C57H109N2O7P/c1-7-10-13-16-19-22-25-26-27-28-29-30-31-32-35-38-41-44-47-50-57(61)66-55(48-45-42-39-36-33-23-20-17-14-11-8-2)54(53-65-67(62,63)64-52-51-59(4,5)6)58-56(60)49-46-43-40-37-34-24-21-18-15-12-9-3/h19,22,26-27,45,48,54-55H,7-18,20-21,23-25,28-44,46-47,49-53H2,1-6H3,(H-,58,60,62,63)/b22-19-,27-26-,48-45+. The highest BCUT2D eigenvalue weighted by molar-refractivity contribution is 7.45. The smallest absolute Gasteiger partial charge is 0.306 e. The second-order valence-corrected chi connectivity index (χ2v) is 21.9. The molecule has 394 valence electrons. The third-order valence-corrected chi connectivity index (χ3v) is 13.5. The van der Waals surface area contributed by atoms with E-state index in [-0.39, 0.29) is 31.5 Å². The number of rotatable bonds is 51. The van der Waals surface area contributed by atoms with Crippen LogP contribution in [-0.4, -0.2) is 69.4 Å². The summed E-state index contributed by atoms with van der Waals surface area (Å²) in [6.45, 7) is 6.81. The van der Waals surface area contributed by atoms with Crippen molar-refractivity contribution in [2.45, 2.75) is 277 Å². The van der Waals surface area contributed by atoms with Crippen LogP contribution in [0.5, 0.6) is 0 Å². The first kappa shape index (κ1) is 65.2. The van der Waals surface area contributed by atoms with Crippen molar-refractivity contribution in [3.63, 3.8) is 0 Å². The summed E-state index contributed by atoms with van der Waals surface area (Å²) >= 11 is 0. The van der Waals surface area contributed by atoms with Crippen molar-refractivity contribution in [2.24, 2.45) is 0 Å². The van der Waals surface area contributed by atoms with Gasteiger partial charge in [0.2, 0.25) is 5.91 Å². The minimum Gasteiger partial charge on any atom is -0.756 e. The van der Waals surface area contributed by atoms with Gasteiger partial charge in [-0.1, -0.05) is 225 Å². The molecule has 1 N–H and O–H groups in total. The summed E-state index contributed by atoms with van der Waals surface area (Å²) < 4.78 is 30.2. The summed E-state index contributed by atoms with van der Waals surface area (Å²) in [6, 6.07) is -0.883. The Labute approximate surface area is 415 Å². The van der Waals surface area contributed by atoms with E-state index in [1.54, 1.807) is 0 Å². The maximum atomic E-state index is 13.4. The van der Waals surface area contributed by atoms with Gasteiger partial charge in [0.05, 0.1) is 33.8 Å². The Hall–Kier alpha value is -1.77. The number of esters is 1. The summed E-state index contributed by atoms with van der Waals surface area (Å²) in [5, 5.41) is 3.01. The highest BCUT2D eigenvalue weighted by atomic mass is 31.2. The minimum absolute atomic E-state index is 0.0210. The van der Waals surface area contributed by atoms with Gasteiger partial charge in [-0.15, -0.1) is 0 Å². The topological polar surface area (TPSA) is 114 Å². The van der Waals surface area contributed by atoms with Crippen LogP contribution in [0.25, 0.3) is 0 Å². The monoisotopic (exact) mass is 965 g/mol. The molecule has 3 unspecified atom stereocenters. The van der Waals surface area contributed by atoms with Crippen molar-refractivity contribution in [3.05, 3.63) is 36.5 Å². The number of nitrogens with one attached hydrogen (secondary N) is 1. The van der Waals surface area contributed by atoms with Gasteiger partial charge in [-0.3, -0.25) is 14.2 Å². The molecular formula is C57H109N2O7P. The first-order valence-corrected chi connectivity index (χ1v) is 29.8. The number of carbonyl (C=O) groups excluding carboxylic acids is 2. The van der Waals surface area contributed by atoms with Crippen LogP contribution in [0.2, 0.25) is 0 Å². The van der Waals surface area contributed by atoms with Gasteiger partial charge >= 0.3 is 5.97 Å². The number of likely N-dealkylation sites (N-methyl/N-ethyl adjacent to an activating group) is 1. The van der Waals surface area contributed by atoms with Gasteiger partial charge in [-0.05, 0) is 63.9 Å². The van der Waals surface area contributed by atoms with Crippen LogP contribution in [0.3, 0.4) is 0 Å². The lowest BCUT2D eigenvalue weighted by atomic mass is 10.0. The van der Waals surface area contributed by atoms with Crippen LogP contribution in [0.1, 0.15) is 265 Å². The van der Waals surface area contributed by atoms with E-state index in [2.05, 4.69) is 50.4 Å². The maximum absolute atomic E-state index is 13.4. The highest BCUT2D eigenvalue weighted by Gasteiger charge is 2.27. The van der Waals surface area contributed by atoms with Crippen LogP contribution in [0, 0.1) is 0 Å². The minimum atomic E-state index is -4.69. The van der Waals surface area contributed by atoms with Crippen molar-refractivity contribution in [2.75, 3.05) is 40.9 Å². The fraction of sp³-hybridized carbons (Fsp3) is 0.860. The largest absolute Gasteiger partial charge is 0.756 e. The van der Waals surface area contributed by atoms with Gasteiger partial charge in [0.25, 0.3) is 7.82 Å². The molecule has 1 amide bonds. The first-order valence-electron chi connectivity index (χ1n) is 28.3. The third kappa shape index (κ3) is 49.0. The number of unbranched alkanes of at least 4 members (excludes halogenated alkanes) is 31. The van der Waals surface area contributed by atoms with Gasteiger partial charge in [0.1, 0.15) is 19.3 Å². The summed E-state index contributed by atoms with van der Waals surface area (Å²) in [7, 11) is 1.19. The van der Waals surface area contributed by atoms with E-state index in [0.29, 0.717) is 17.4 Å². The second-order valence-electron chi connectivity index (χ2n) is 20.4. The highest BCUT2D eigenvalue weighted by Crippen LogP contribution is 2.38. The molecule has 0 saturated heterocycles. The number of amides is 1.